The van der Waals surface area contributed by atoms with Gasteiger partial charge in [-0.3, -0.25) is 9.80 Å². The van der Waals surface area contributed by atoms with Gasteiger partial charge in [-0.25, -0.2) is 9.97 Å². The molecule has 6 heteroatoms. The fraction of sp³-hybridized carbons (Fsp3) is 0.474. The van der Waals surface area contributed by atoms with E-state index in [0.717, 1.165) is 49.6 Å². The third-order valence-electron chi connectivity index (χ3n) is 4.94. The molecule has 0 aliphatic carbocycles. The molecule has 0 unspecified atom stereocenters. The molecule has 1 aliphatic heterocycles. The molecule has 2 heterocycles. The number of piperazine rings is 1. The Morgan fingerprint density at radius 3 is 2.36 bits per heavy atom. The number of rotatable bonds is 6. The molecule has 0 saturated carbocycles. The van der Waals surface area contributed by atoms with Crippen LogP contribution in [0.1, 0.15) is 18.8 Å². The van der Waals surface area contributed by atoms with E-state index in [1.165, 1.54) is 5.69 Å². The number of benzene rings is 1. The maximum Gasteiger partial charge on any atom is 0.145 e. The number of para-hydroxylation sites is 1. The molecule has 3 rings (SSSR count). The van der Waals surface area contributed by atoms with Gasteiger partial charge in [0.15, 0.2) is 0 Å². The van der Waals surface area contributed by atoms with Crippen LogP contribution >= 0.6 is 15.9 Å². The number of halogens is 1. The molecule has 2 aromatic rings. The Hall–Kier alpha value is -1.50. The highest BCUT2D eigenvalue weighted by Crippen LogP contribution is 2.17. The van der Waals surface area contributed by atoms with Gasteiger partial charge in [0, 0.05) is 57.3 Å². The Bertz CT molecular complexity index is 641. The standard InChI is InChI=1S/C19H26BrN5/c1-16(19-21-14-17(20)15-22-19)23(2)8-9-24-10-12-25(13-11-24)18-6-4-3-5-7-18/h3-7,14-16H,8-13H2,1-2H3/t16-/m1/s1. The Kier molecular flexibility index (Phi) is 6.39. The first-order valence-corrected chi connectivity index (χ1v) is 9.63. The van der Waals surface area contributed by atoms with Gasteiger partial charge in [0.25, 0.3) is 0 Å². The van der Waals surface area contributed by atoms with Crippen molar-refractivity contribution in [3.8, 4) is 0 Å². The van der Waals surface area contributed by atoms with Crippen molar-refractivity contribution in [1.29, 1.82) is 0 Å². The van der Waals surface area contributed by atoms with Gasteiger partial charge in [0.1, 0.15) is 5.82 Å². The predicted molar refractivity (Wildman–Crippen MR) is 106 cm³/mol. The van der Waals surface area contributed by atoms with Gasteiger partial charge < -0.3 is 4.90 Å². The molecule has 5 nitrogen and oxygen atoms in total. The summed E-state index contributed by atoms with van der Waals surface area (Å²) in [5, 5.41) is 0. The predicted octanol–water partition coefficient (Wildman–Crippen LogP) is 3.05. The van der Waals surface area contributed by atoms with Crippen LogP contribution in [0.15, 0.2) is 47.2 Å². The molecule has 1 aliphatic rings. The van der Waals surface area contributed by atoms with E-state index >= 15 is 0 Å². The van der Waals surface area contributed by atoms with Crippen molar-refractivity contribution in [3.05, 3.63) is 53.0 Å². The van der Waals surface area contributed by atoms with Crippen molar-refractivity contribution in [2.75, 3.05) is 51.2 Å². The number of likely N-dealkylation sites (N-methyl/N-ethyl adjacent to an activating group) is 1. The van der Waals surface area contributed by atoms with Crippen molar-refractivity contribution < 1.29 is 0 Å². The average molecular weight is 404 g/mol. The lowest BCUT2D eigenvalue weighted by molar-refractivity contribution is 0.186. The summed E-state index contributed by atoms with van der Waals surface area (Å²) in [6.07, 6.45) is 3.63. The summed E-state index contributed by atoms with van der Waals surface area (Å²) in [6, 6.07) is 10.9. The summed E-state index contributed by atoms with van der Waals surface area (Å²) < 4.78 is 0.919. The van der Waals surface area contributed by atoms with Crippen molar-refractivity contribution in [2.45, 2.75) is 13.0 Å². The van der Waals surface area contributed by atoms with Gasteiger partial charge in [-0.05, 0) is 42.0 Å². The van der Waals surface area contributed by atoms with E-state index in [1.54, 1.807) is 0 Å². The minimum Gasteiger partial charge on any atom is -0.369 e. The molecule has 1 fully saturated rings. The summed E-state index contributed by atoms with van der Waals surface area (Å²) in [6.45, 7) is 8.69. The fourth-order valence-electron chi connectivity index (χ4n) is 3.10. The lowest BCUT2D eigenvalue weighted by Crippen LogP contribution is -2.48. The molecule has 0 amide bonds. The van der Waals surface area contributed by atoms with Crippen LogP contribution in [0.2, 0.25) is 0 Å². The number of anilines is 1. The van der Waals surface area contributed by atoms with E-state index in [0.29, 0.717) is 0 Å². The Morgan fingerprint density at radius 2 is 1.72 bits per heavy atom. The van der Waals surface area contributed by atoms with Gasteiger partial charge in [0.2, 0.25) is 0 Å². The van der Waals surface area contributed by atoms with E-state index in [4.69, 9.17) is 0 Å². The Labute approximate surface area is 158 Å². The smallest absolute Gasteiger partial charge is 0.145 e. The van der Waals surface area contributed by atoms with Crippen LogP contribution in [0.4, 0.5) is 5.69 Å². The molecule has 1 saturated heterocycles. The van der Waals surface area contributed by atoms with Crippen LogP contribution in [0.3, 0.4) is 0 Å². The quantitative estimate of drug-likeness (QED) is 0.740. The van der Waals surface area contributed by atoms with Gasteiger partial charge in [-0.2, -0.15) is 0 Å². The van der Waals surface area contributed by atoms with Crippen LogP contribution in [-0.4, -0.2) is 66.1 Å². The monoisotopic (exact) mass is 403 g/mol. The third-order valence-corrected chi connectivity index (χ3v) is 5.35. The highest BCUT2D eigenvalue weighted by molar-refractivity contribution is 9.10. The zero-order chi connectivity index (χ0) is 17.6. The normalized spacial score (nSPS) is 17.0. The van der Waals surface area contributed by atoms with Gasteiger partial charge in [0.05, 0.1) is 10.5 Å². The third kappa shape index (κ3) is 5.00. The number of aromatic nitrogens is 2. The summed E-state index contributed by atoms with van der Waals surface area (Å²) in [7, 11) is 2.15. The first-order valence-electron chi connectivity index (χ1n) is 8.83. The zero-order valence-corrected chi connectivity index (χ0v) is 16.6. The van der Waals surface area contributed by atoms with Crippen molar-refractivity contribution in [1.82, 2.24) is 19.8 Å². The highest BCUT2D eigenvalue weighted by atomic mass is 79.9. The molecular formula is C19H26BrN5. The number of hydrogen-bond donors (Lipinski definition) is 0. The first-order chi connectivity index (χ1) is 12.1. The molecule has 1 aromatic carbocycles. The lowest BCUT2D eigenvalue weighted by atomic mass is 10.2. The molecule has 0 bridgehead atoms. The maximum atomic E-state index is 4.42. The minimum absolute atomic E-state index is 0.221. The van der Waals surface area contributed by atoms with Crippen LogP contribution < -0.4 is 4.90 Å². The average Bonchev–Trinajstić information content (AvgIpc) is 2.67. The molecule has 1 aromatic heterocycles. The number of nitrogens with zero attached hydrogens (tertiary/aromatic N) is 5. The highest BCUT2D eigenvalue weighted by Gasteiger charge is 2.19. The fourth-order valence-corrected chi connectivity index (χ4v) is 3.30. The van der Waals surface area contributed by atoms with Crippen molar-refractivity contribution >= 4 is 21.6 Å². The van der Waals surface area contributed by atoms with E-state index in [1.807, 2.05) is 12.4 Å². The maximum absolute atomic E-state index is 4.42. The molecular weight excluding hydrogens is 378 g/mol. The van der Waals surface area contributed by atoms with E-state index in [9.17, 15) is 0 Å². The zero-order valence-electron chi connectivity index (χ0n) is 15.0. The second-order valence-corrected chi connectivity index (χ2v) is 7.50. The lowest BCUT2D eigenvalue weighted by Gasteiger charge is -2.37. The van der Waals surface area contributed by atoms with Crippen LogP contribution in [0.25, 0.3) is 0 Å². The summed E-state index contributed by atoms with van der Waals surface area (Å²) >= 11 is 3.39. The van der Waals surface area contributed by atoms with Gasteiger partial charge in [-0.1, -0.05) is 18.2 Å². The first kappa shape index (κ1) is 18.3. The summed E-state index contributed by atoms with van der Waals surface area (Å²) in [5.74, 6) is 0.875. The topological polar surface area (TPSA) is 35.5 Å². The van der Waals surface area contributed by atoms with Crippen molar-refractivity contribution in [2.24, 2.45) is 0 Å². The largest absolute Gasteiger partial charge is 0.369 e. The second-order valence-electron chi connectivity index (χ2n) is 6.58. The van der Waals surface area contributed by atoms with Gasteiger partial charge in [-0.15, -0.1) is 0 Å². The van der Waals surface area contributed by atoms with Crippen molar-refractivity contribution in [3.63, 3.8) is 0 Å². The molecule has 134 valence electrons. The van der Waals surface area contributed by atoms with Gasteiger partial charge >= 0.3 is 0 Å². The summed E-state index contributed by atoms with van der Waals surface area (Å²) in [5.41, 5.74) is 1.33. The minimum atomic E-state index is 0.221. The number of hydrogen-bond acceptors (Lipinski definition) is 5. The molecule has 25 heavy (non-hydrogen) atoms. The summed E-state index contributed by atoms with van der Waals surface area (Å²) in [4.78, 5) is 16.2. The Morgan fingerprint density at radius 1 is 1.08 bits per heavy atom. The molecule has 0 N–H and O–H groups in total. The van der Waals surface area contributed by atoms with E-state index in [-0.39, 0.29) is 6.04 Å². The molecule has 1 atom stereocenters. The van der Waals surface area contributed by atoms with Crippen LogP contribution in [0.5, 0.6) is 0 Å². The second kappa shape index (κ2) is 8.74. The van der Waals surface area contributed by atoms with Crippen LogP contribution in [0, 0.1) is 0 Å². The molecule has 0 spiro atoms. The van der Waals surface area contributed by atoms with E-state index < -0.39 is 0 Å². The SMILES string of the molecule is C[C@H](c1ncc(Br)cn1)N(C)CCN1CCN(c2ccccc2)CC1. The molecule has 0 radical (unpaired) electrons. The van der Waals surface area contributed by atoms with E-state index in [2.05, 4.69) is 84.9 Å². The Balaban J connectivity index is 1.44. The van der Waals surface area contributed by atoms with Crippen LogP contribution in [-0.2, 0) is 0 Å².